The van der Waals surface area contributed by atoms with E-state index >= 15 is 0 Å². The van der Waals surface area contributed by atoms with Crippen LogP contribution in [0.4, 0.5) is 0 Å². The smallest absolute Gasteiger partial charge is 0.0363 e. The van der Waals surface area contributed by atoms with Crippen molar-refractivity contribution in [1.29, 1.82) is 0 Å². The summed E-state index contributed by atoms with van der Waals surface area (Å²) in [7, 11) is -1.56. The average molecular weight is 591 g/mol. The number of unbranched alkanes of at least 4 members (excludes halogenated alkanes) is 10. The molecule has 1 aliphatic heterocycles. The van der Waals surface area contributed by atoms with Gasteiger partial charge in [-0.2, -0.15) is 25.3 Å². The lowest BCUT2D eigenvalue weighted by Crippen LogP contribution is -2.04. The largest absolute Gasteiger partial charge is 0.179 e. The van der Waals surface area contributed by atoms with Crippen molar-refractivity contribution in [3.8, 4) is 0 Å². The summed E-state index contributed by atoms with van der Waals surface area (Å²) in [6, 6.07) is 22.3. The highest BCUT2D eigenvalue weighted by atomic mass is 32.3. The van der Waals surface area contributed by atoms with Crippen LogP contribution in [0, 0.1) is 0 Å². The van der Waals surface area contributed by atoms with E-state index < -0.39 is 10.0 Å². The van der Waals surface area contributed by atoms with Crippen molar-refractivity contribution in [1.82, 2.24) is 0 Å². The molecule has 1 heterocycles. The van der Waals surface area contributed by atoms with Crippen LogP contribution in [0.2, 0.25) is 0 Å². The molecule has 0 bridgehead atoms. The van der Waals surface area contributed by atoms with Crippen molar-refractivity contribution in [2.24, 2.45) is 0 Å². The molecule has 3 rings (SSSR count). The minimum absolute atomic E-state index is 1.00. The van der Waals surface area contributed by atoms with Crippen molar-refractivity contribution in [3.05, 3.63) is 80.3 Å². The Morgan fingerprint density at radius 3 is 1.35 bits per heavy atom. The fourth-order valence-electron chi connectivity index (χ4n) is 5.33. The van der Waals surface area contributed by atoms with Crippen LogP contribution in [0.15, 0.2) is 90.1 Å². The normalized spacial score (nSPS) is 16.0. The lowest BCUT2D eigenvalue weighted by Gasteiger charge is -2.41. The molecule has 37 heavy (non-hydrogen) atoms. The molecule has 5 heteroatoms. The number of rotatable bonds is 18. The van der Waals surface area contributed by atoms with E-state index in [4.69, 9.17) is 25.3 Å². The fraction of sp³-hybridized carbons (Fsp3) is 0.500. The van der Waals surface area contributed by atoms with Gasteiger partial charge in [0.2, 0.25) is 0 Å². The molecular formula is C32H46S5. The Kier molecular flexibility index (Phi) is 14.7. The molecule has 0 fully saturated rings. The molecule has 0 aromatic heterocycles. The molecule has 0 radical (unpaired) electrons. The summed E-state index contributed by atoms with van der Waals surface area (Å²) in [5, 5.41) is 0. The van der Waals surface area contributed by atoms with Gasteiger partial charge in [-0.1, -0.05) is 87.8 Å². The zero-order chi connectivity index (χ0) is 26.3. The molecule has 0 saturated carbocycles. The number of benzene rings is 2. The highest BCUT2D eigenvalue weighted by Crippen LogP contribution is 2.80. The molecule has 0 saturated heterocycles. The van der Waals surface area contributed by atoms with Crippen molar-refractivity contribution in [3.63, 3.8) is 0 Å². The Balaban J connectivity index is 1.87. The van der Waals surface area contributed by atoms with E-state index in [1.165, 1.54) is 106 Å². The molecule has 1 aliphatic rings. The summed E-state index contributed by atoms with van der Waals surface area (Å²) in [5.41, 5.74) is 1.40. The van der Waals surface area contributed by atoms with Crippen molar-refractivity contribution < 1.29 is 0 Å². The molecule has 2 aromatic carbocycles. The Morgan fingerprint density at radius 2 is 0.892 bits per heavy atom. The van der Waals surface area contributed by atoms with Gasteiger partial charge in [-0.15, -0.1) is 35.3 Å². The highest BCUT2D eigenvalue weighted by molar-refractivity contribution is 8.45. The van der Waals surface area contributed by atoms with Crippen LogP contribution in [0.1, 0.15) is 89.9 Å². The SMILES string of the molecule is SCCCCCCCCC1=C(S)S(c2ccccc2)(c2ccccc2)C(CCCCCCCCS)=C1S. The van der Waals surface area contributed by atoms with Crippen molar-refractivity contribution >= 4 is 60.5 Å². The number of hydrogen-bond donors (Lipinski definition) is 4. The predicted molar refractivity (Wildman–Crippen MR) is 181 cm³/mol. The molecule has 2 aromatic rings. The topological polar surface area (TPSA) is 0 Å². The first-order chi connectivity index (χ1) is 18.2. The lowest BCUT2D eigenvalue weighted by atomic mass is 10.0. The van der Waals surface area contributed by atoms with E-state index in [0.29, 0.717) is 0 Å². The summed E-state index contributed by atoms with van der Waals surface area (Å²) in [6.45, 7) is 0. The first kappa shape index (κ1) is 31.2. The van der Waals surface area contributed by atoms with Gasteiger partial charge in [-0.25, -0.2) is 0 Å². The Hall–Kier alpha value is -0.330. The van der Waals surface area contributed by atoms with Gasteiger partial charge in [0.1, 0.15) is 0 Å². The summed E-state index contributed by atoms with van der Waals surface area (Å²) < 4.78 is 1.27. The van der Waals surface area contributed by atoms with Gasteiger partial charge < -0.3 is 0 Å². The molecule has 0 nitrogen and oxygen atoms in total. The maximum atomic E-state index is 5.39. The second-order valence-electron chi connectivity index (χ2n) is 9.98. The van der Waals surface area contributed by atoms with Gasteiger partial charge in [-0.05, 0) is 84.8 Å². The summed E-state index contributed by atoms with van der Waals surface area (Å²) in [4.78, 5) is 5.54. The van der Waals surface area contributed by atoms with Crippen LogP contribution in [0.3, 0.4) is 0 Å². The average Bonchev–Trinajstić information content (AvgIpc) is 3.14. The Bertz CT molecular complexity index is 941. The summed E-state index contributed by atoms with van der Waals surface area (Å²) in [6.07, 6.45) is 17.5. The van der Waals surface area contributed by atoms with Crippen LogP contribution in [0.25, 0.3) is 0 Å². The van der Waals surface area contributed by atoms with Crippen molar-refractivity contribution in [2.75, 3.05) is 11.5 Å². The Labute approximate surface area is 250 Å². The highest BCUT2D eigenvalue weighted by Gasteiger charge is 2.42. The molecule has 0 spiro atoms. The van der Waals surface area contributed by atoms with Gasteiger partial charge in [-0.3, -0.25) is 0 Å². The molecule has 0 N–H and O–H groups in total. The third-order valence-electron chi connectivity index (χ3n) is 7.31. The van der Waals surface area contributed by atoms with E-state index in [2.05, 4.69) is 85.9 Å². The monoisotopic (exact) mass is 590 g/mol. The minimum atomic E-state index is -1.56. The zero-order valence-corrected chi connectivity index (χ0v) is 26.7. The summed E-state index contributed by atoms with van der Waals surface area (Å²) in [5.74, 6) is 2.01. The molecular weight excluding hydrogens is 545 g/mol. The first-order valence-electron chi connectivity index (χ1n) is 14.2. The van der Waals surface area contributed by atoms with Gasteiger partial charge in [0, 0.05) is 18.9 Å². The standard InChI is InChI=1S/C32H46S5/c33-25-17-7-3-1-5-15-23-29-31(35)30(24-16-6-2-4-8-18-26-34)37(32(29)36,27-19-11-9-12-20-27)28-21-13-10-14-22-28/h9-14,19-22,33-36H,1-8,15-18,23-26H2. The van der Waals surface area contributed by atoms with Crippen LogP contribution in [-0.2, 0) is 0 Å². The van der Waals surface area contributed by atoms with Gasteiger partial charge in [0.15, 0.2) is 0 Å². The predicted octanol–water partition coefficient (Wildman–Crippen LogP) is 11.5. The second-order valence-corrected chi connectivity index (χ2v) is 15.1. The maximum Gasteiger partial charge on any atom is 0.0363 e. The van der Waals surface area contributed by atoms with Crippen LogP contribution in [-0.4, -0.2) is 11.5 Å². The van der Waals surface area contributed by atoms with Gasteiger partial charge >= 0.3 is 0 Å². The quantitative estimate of drug-likeness (QED) is 0.0963. The third-order valence-corrected chi connectivity index (χ3v) is 13.7. The first-order valence-corrected chi connectivity index (χ1v) is 18.0. The van der Waals surface area contributed by atoms with E-state index in [-0.39, 0.29) is 0 Å². The number of allylic oxidation sites excluding steroid dienone is 2. The van der Waals surface area contributed by atoms with E-state index in [1.54, 1.807) is 0 Å². The zero-order valence-electron chi connectivity index (χ0n) is 22.3. The fourth-order valence-corrected chi connectivity index (χ4v) is 12.0. The van der Waals surface area contributed by atoms with E-state index in [0.717, 1.165) is 24.3 Å². The third kappa shape index (κ3) is 8.33. The van der Waals surface area contributed by atoms with Crippen LogP contribution < -0.4 is 0 Å². The molecule has 0 unspecified atom stereocenters. The molecule has 204 valence electrons. The van der Waals surface area contributed by atoms with E-state index in [1.807, 2.05) is 0 Å². The van der Waals surface area contributed by atoms with Gasteiger partial charge in [0.05, 0.1) is 0 Å². The number of hydrogen-bond acceptors (Lipinski definition) is 4. The molecule has 0 amide bonds. The van der Waals surface area contributed by atoms with E-state index in [9.17, 15) is 0 Å². The summed E-state index contributed by atoms with van der Waals surface area (Å²) >= 11 is 19.4. The van der Waals surface area contributed by atoms with Crippen LogP contribution >= 0.6 is 60.5 Å². The van der Waals surface area contributed by atoms with Crippen LogP contribution in [0.5, 0.6) is 0 Å². The Morgan fingerprint density at radius 1 is 0.486 bits per heavy atom. The maximum absolute atomic E-state index is 5.39. The second kappa shape index (κ2) is 17.4. The van der Waals surface area contributed by atoms with Crippen molar-refractivity contribution in [2.45, 2.75) is 99.7 Å². The lowest BCUT2D eigenvalue weighted by molar-refractivity contribution is 0.609. The van der Waals surface area contributed by atoms with Gasteiger partial charge in [0.25, 0.3) is 0 Å². The minimum Gasteiger partial charge on any atom is -0.179 e. The molecule has 0 atom stereocenters. The number of thiol groups is 4. The molecule has 0 aliphatic carbocycles.